The Balaban J connectivity index is 0.00000225. The average molecular weight is 252 g/mol. The van der Waals surface area contributed by atoms with Crippen LogP contribution in [0, 0.1) is 0 Å². The van der Waals surface area contributed by atoms with E-state index in [0.717, 1.165) is 26.3 Å². The fraction of sp³-hybridized carbons (Fsp3) is 0.900. The number of rotatable bonds is 5. The van der Waals surface area contributed by atoms with Gasteiger partial charge in [0.15, 0.2) is 0 Å². The van der Waals surface area contributed by atoms with E-state index in [1.54, 1.807) is 7.05 Å². The molecule has 1 aliphatic heterocycles. The molecule has 1 rings (SSSR count). The Labute approximate surface area is 103 Å². The number of carbonyl (C=O) groups is 1. The lowest BCUT2D eigenvalue weighted by atomic mass is 10.2. The molecule has 1 amide bonds. The van der Waals surface area contributed by atoms with Gasteiger partial charge in [-0.05, 0) is 14.0 Å². The van der Waals surface area contributed by atoms with Crippen molar-refractivity contribution < 1.29 is 9.53 Å². The molecule has 1 fully saturated rings. The van der Waals surface area contributed by atoms with E-state index in [9.17, 15) is 4.79 Å². The van der Waals surface area contributed by atoms with Crippen LogP contribution in [0.4, 0.5) is 0 Å². The molecule has 0 aromatic heterocycles. The van der Waals surface area contributed by atoms with Gasteiger partial charge in [0.2, 0.25) is 5.91 Å². The Morgan fingerprint density at radius 1 is 1.44 bits per heavy atom. The number of likely N-dealkylation sites (N-methyl/N-ethyl adjacent to an activating group) is 1. The van der Waals surface area contributed by atoms with Crippen molar-refractivity contribution >= 4 is 18.3 Å². The predicted molar refractivity (Wildman–Crippen MR) is 66.0 cm³/mol. The van der Waals surface area contributed by atoms with Gasteiger partial charge in [-0.3, -0.25) is 9.69 Å². The van der Waals surface area contributed by atoms with Gasteiger partial charge in [0, 0.05) is 25.7 Å². The lowest BCUT2D eigenvalue weighted by Gasteiger charge is -2.32. The number of hydrogen-bond donors (Lipinski definition) is 2. The summed E-state index contributed by atoms with van der Waals surface area (Å²) in [7, 11) is 1.77. The molecule has 2 N–H and O–H groups in total. The van der Waals surface area contributed by atoms with Gasteiger partial charge in [0.05, 0.1) is 19.8 Å². The zero-order valence-electron chi connectivity index (χ0n) is 9.99. The summed E-state index contributed by atoms with van der Waals surface area (Å²) in [6, 6.07) is 0.384. The van der Waals surface area contributed by atoms with Gasteiger partial charge in [0.25, 0.3) is 0 Å². The summed E-state index contributed by atoms with van der Waals surface area (Å²) >= 11 is 0. The third kappa shape index (κ3) is 5.65. The van der Waals surface area contributed by atoms with E-state index < -0.39 is 0 Å². The van der Waals surface area contributed by atoms with Crippen molar-refractivity contribution in [2.24, 2.45) is 0 Å². The van der Waals surface area contributed by atoms with E-state index in [1.165, 1.54) is 0 Å². The minimum absolute atomic E-state index is 0. The summed E-state index contributed by atoms with van der Waals surface area (Å²) in [5.74, 6) is 0.0533. The summed E-state index contributed by atoms with van der Waals surface area (Å²) in [5, 5.41) is 5.72. The van der Waals surface area contributed by atoms with Crippen LogP contribution in [0.15, 0.2) is 0 Å². The zero-order chi connectivity index (χ0) is 11.1. The number of morpholine rings is 1. The highest BCUT2D eigenvalue weighted by Gasteiger charge is 2.16. The minimum Gasteiger partial charge on any atom is -0.379 e. The summed E-state index contributed by atoms with van der Waals surface area (Å²) in [6.07, 6.45) is 0. The van der Waals surface area contributed by atoms with Crippen molar-refractivity contribution in [3.63, 3.8) is 0 Å². The molecule has 6 heteroatoms. The first kappa shape index (κ1) is 15.6. The van der Waals surface area contributed by atoms with Crippen molar-refractivity contribution in [3.8, 4) is 0 Å². The van der Waals surface area contributed by atoms with Gasteiger partial charge >= 0.3 is 0 Å². The summed E-state index contributed by atoms with van der Waals surface area (Å²) in [6.45, 7) is 6.75. The van der Waals surface area contributed by atoms with Crippen molar-refractivity contribution in [2.75, 3.05) is 46.4 Å². The first-order valence-electron chi connectivity index (χ1n) is 5.47. The smallest absolute Gasteiger partial charge is 0.234 e. The molecule has 0 radical (unpaired) electrons. The van der Waals surface area contributed by atoms with Gasteiger partial charge in [-0.15, -0.1) is 12.4 Å². The second kappa shape index (κ2) is 8.75. The van der Waals surface area contributed by atoms with Gasteiger partial charge in [-0.1, -0.05) is 0 Å². The van der Waals surface area contributed by atoms with Crippen LogP contribution in [-0.4, -0.2) is 63.3 Å². The molecule has 16 heavy (non-hydrogen) atoms. The third-order valence-electron chi connectivity index (χ3n) is 2.60. The van der Waals surface area contributed by atoms with Crippen LogP contribution in [0.2, 0.25) is 0 Å². The average Bonchev–Trinajstić information content (AvgIpc) is 2.27. The van der Waals surface area contributed by atoms with Gasteiger partial charge in [-0.25, -0.2) is 0 Å². The van der Waals surface area contributed by atoms with Crippen molar-refractivity contribution in [1.82, 2.24) is 15.5 Å². The third-order valence-corrected chi connectivity index (χ3v) is 2.60. The van der Waals surface area contributed by atoms with Crippen molar-refractivity contribution in [3.05, 3.63) is 0 Å². The highest BCUT2D eigenvalue weighted by molar-refractivity contribution is 5.85. The molecule has 1 heterocycles. The maximum atomic E-state index is 11.2. The minimum atomic E-state index is 0. The molecule has 1 atom stereocenters. The molecule has 0 aromatic rings. The number of nitrogens with zero attached hydrogens (tertiary/aromatic N) is 1. The molecule has 0 aromatic carbocycles. The van der Waals surface area contributed by atoms with Crippen molar-refractivity contribution in [2.45, 2.75) is 13.0 Å². The van der Waals surface area contributed by atoms with E-state index in [1.807, 2.05) is 0 Å². The van der Waals surface area contributed by atoms with Gasteiger partial charge in [-0.2, -0.15) is 0 Å². The van der Waals surface area contributed by atoms with E-state index in [-0.39, 0.29) is 18.3 Å². The number of amides is 1. The molecule has 1 saturated heterocycles. The van der Waals surface area contributed by atoms with Crippen LogP contribution in [0.25, 0.3) is 0 Å². The molecule has 1 unspecified atom stereocenters. The standard InChI is InChI=1S/C10H21N3O2.ClH/c1-9(7-12-10(14)8-11-2)13-3-5-15-6-4-13;/h9,11H,3-8H2,1-2H3,(H,12,14);1H. The van der Waals surface area contributed by atoms with E-state index in [2.05, 4.69) is 22.5 Å². The van der Waals surface area contributed by atoms with E-state index >= 15 is 0 Å². The van der Waals surface area contributed by atoms with Crippen LogP contribution < -0.4 is 10.6 Å². The second-order valence-corrected chi connectivity index (χ2v) is 3.83. The number of carbonyl (C=O) groups excluding carboxylic acids is 1. The Kier molecular flexibility index (Phi) is 8.56. The van der Waals surface area contributed by atoms with Gasteiger partial charge in [0.1, 0.15) is 0 Å². The molecule has 0 spiro atoms. The Morgan fingerprint density at radius 2 is 2.06 bits per heavy atom. The van der Waals surface area contributed by atoms with Crippen LogP contribution >= 0.6 is 12.4 Å². The predicted octanol–water partition coefficient (Wildman–Crippen LogP) is -0.535. The molecule has 96 valence electrons. The summed E-state index contributed by atoms with van der Waals surface area (Å²) < 4.78 is 5.28. The lowest BCUT2D eigenvalue weighted by Crippen LogP contribution is -2.48. The zero-order valence-corrected chi connectivity index (χ0v) is 10.8. The number of nitrogens with one attached hydrogen (secondary N) is 2. The Morgan fingerprint density at radius 3 is 2.62 bits per heavy atom. The summed E-state index contributed by atoms with van der Waals surface area (Å²) in [4.78, 5) is 13.5. The number of halogens is 1. The molecule has 1 aliphatic rings. The first-order chi connectivity index (χ1) is 7.24. The highest BCUT2D eigenvalue weighted by atomic mass is 35.5. The summed E-state index contributed by atoms with van der Waals surface area (Å²) in [5.41, 5.74) is 0. The second-order valence-electron chi connectivity index (χ2n) is 3.83. The molecular weight excluding hydrogens is 230 g/mol. The van der Waals surface area contributed by atoms with E-state index in [0.29, 0.717) is 19.1 Å². The van der Waals surface area contributed by atoms with Crippen LogP contribution in [-0.2, 0) is 9.53 Å². The molecule has 0 saturated carbocycles. The molecule has 0 bridgehead atoms. The molecular formula is C10H22ClN3O2. The topological polar surface area (TPSA) is 53.6 Å². The highest BCUT2D eigenvalue weighted by Crippen LogP contribution is 2.02. The maximum absolute atomic E-state index is 11.2. The molecule has 5 nitrogen and oxygen atoms in total. The number of hydrogen-bond acceptors (Lipinski definition) is 4. The monoisotopic (exact) mass is 251 g/mol. The maximum Gasteiger partial charge on any atom is 0.234 e. The Bertz CT molecular complexity index is 199. The van der Waals surface area contributed by atoms with Crippen LogP contribution in [0.5, 0.6) is 0 Å². The van der Waals surface area contributed by atoms with Gasteiger partial charge < -0.3 is 15.4 Å². The Hall–Kier alpha value is -0.360. The first-order valence-corrected chi connectivity index (χ1v) is 5.47. The van der Waals surface area contributed by atoms with Crippen LogP contribution in [0.1, 0.15) is 6.92 Å². The SMILES string of the molecule is CNCC(=O)NCC(C)N1CCOCC1.Cl. The number of ether oxygens (including phenoxy) is 1. The van der Waals surface area contributed by atoms with Crippen molar-refractivity contribution in [1.29, 1.82) is 0 Å². The molecule has 0 aliphatic carbocycles. The fourth-order valence-electron chi connectivity index (χ4n) is 1.63. The quantitative estimate of drug-likeness (QED) is 0.690. The normalized spacial score (nSPS) is 18.6. The lowest BCUT2D eigenvalue weighted by molar-refractivity contribution is -0.120. The van der Waals surface area contributed by atoms with Crippen LogP contribution in [0.3, 0.4) is 0 Å². The van der Waals surface area contributed by atoms with E-state index in [4.69, 9.17) is 4.74 Å². The fourth-order valence-corrected chi connectivity index (χ4v) is 1.63. The largest absolute Gasteiger partial charge is 0.379 e.